The van der Waals surface area contributed by atoms with Crippen LogP contribution >= 0.6 is 0 Å². The number of aromatic nitrogens is 2. The van der Waals surface area contributed by atoms with Gasteiger partial charge in [0.1, 0.15) is 18.0 Å². The molecule has 0 unspecified atom stereocenters. The first-order valence-electron chi connectivity index (χ1n) is 6.09. The van der Waals surface area contributed by atoms with Crippen molar-refractivity contribution in [1.82, 2.24) is 9.97 Å². The second-order valence-corrected chi connectivity index (χ2v) is 4.10. The van der Waals surface area contributed by atoms with Crippen LogP contribution in [0.4, 0.5) is 31.8 Å². The number of nitro groups is 1. The molecule has 2 rings (SSSR count). The van der Waals surface area contributed by atoms with Crippen LogP contribution in [0, 0.1) is 21.7 Å². The first-order chi connectivity index (χ1) is 10.5. The van der Waals surface area contributed by atoms with E-state index in [0.29, 0.717) is 0 Å². The molecule has 0 radical (unpaired) electrons. The summed E-state index contributed by atoms with van der Waals surface area (Å²) in [4.78, 5) is 18.0. The average molecular weight is 307 g/mol. The molecule has 0 saturated heterocycles. The summed E-state index contributed by atoms with van der Waals surface area (Å²) in [5.41, 5.74) is -0.746. The van der Waals surface area contributed by atoms with Crippen LogP contribution < -0.4 is 10.6 Å². The average Bonchev–Trinajstić information content (AvgIpc) is 2.48. The summed E-state index contributed by atoms with van der Waals surface area (Å²) in [6.07, 6.45) is 2.56. The molecule has 2 aromatic rings. The second kappa shape index (κ2) is 6.57. The minimum atomic E-state index is -0.769. The Morgan fingerprint density at radius 1 is 1.32 bits per heavy atom. The molecule has 0 amide bonds. The molecule has 0 aliphatic carbocycles. The van der Waals surface area contributed by atoms with Crippen LogP contribution in [0.1, 0.15) is 0 Å². The molecule has 0 bridgehead atoms. The minimum Gasteiger partial charge on any atom is -0.361 e. The molecule has 1 aromatic heterocycles. The lowest BCUT2D eigenvalue weighted by molar-refractivity contribution is -0.383. The molecule has 9 heteroatoms. The van der Waals surface area contributed by atoms with E-state index >= 15 is 0 Å². The van der Waals surface area contributed by atoms with Gasteiger partial charge in [0.15, 0.2) is 0 Å². The molecule has 0 fully saturated rings. The predicted octanol–water partition coefficient (Wildman–Crippen LogP) is 3.00. The number of rotatable bonds is 6. The van der Waals surface area contributed by atoms with Crippen molar-refractivity contribution in [3.8, 4) is 0 Å². The Balaban J connectivity index is 2.43. The maximum absolute atomic E-state index is 13.6. The van der Waals surface area contributed by atoms with Gasteiger partial charge in [0.25, 0.3) is 0 Å². The summed E-state index contributed by atoms with van der Waals surface area (Å²) in [7, 11) is 0. The third-order valence-corrected chi connectivity index (χ3v) is 2.60. The van der Waals surface area contributed by atoms with Crippen LogP contribution in [-0.2, 0) is 0 Å². The zero-order valence-corrected chi connectivity index (χ0v) is 11.2. The molecular formula is C13H11F2N5O2. The van der Waals surface area contributed by atoms with Gasteiger partial charge in [-0.2, -0.15) is 0 Å². The highest BCUT2D eigenvalue weighted by Gasteiger charge is 2.23. The summed E-state index contributed by atoms with van der Waals surface area (Å²) in [5, 5.41) is 16.3. The molecule has 0 aliphatic heterocycles. The summed E-state index contributed by atoms with van der Waals surface area (Å²) in [6.45, 7) is 3.72. The lowest BCUT2D eigenvalue weighted by Gasteiger charge is -2.09. The van der Waals surface area contributed by atoms with E-state index in [1.54, 1.807) is 0 Å². The van der Waals surface area contributed by atoms with Gasteiger partial charge in [0.2, 0.25) is 11.6 Å². The highest BCUT2D eigenvalue weighted by Crippen LogP contribution is 2.31. The summed E-state index contributed by atoms with van der Waals surface area (Å²) < 4.78 is 26.8. The molecule has 0 aliphatic rings. The fourth-order valence-electron chi connectivity index (χ4n) is 1.66. The molecule has 0 atom stereocenters. The smallest absolute Gasteiger partial charge is 0.353 e. The Morgan fingerprint density at radius 3 is 2.73 bits per heavy atom. The second-order valence-electron chi connectivity index (χ2n) is 4.10. The van der Waals surface area contributed by atoms with Gasteiger partial charge in [0.05, 0.1) is 10.6 Å². The zero-order valence-electron chi connectivity index (χ0n) is 11.2. The molecule has 1 heterocycles. The molecular weight excluding hydrogens is 296 g/mol. The van der Waals surface area contributed by atoms with Crippen LogP contribution in [0.25, 0.3) is 0 Å². The van der Waals surface area contributed by atoms with E-state index in [1.165, 1.54) is 6.08 Å². The SMILES string of the molecule is C=CCNc1ncnc(Nc2cc(F)ccc2F)c1[N+](=O)[O-]. The van der Waals surface area contributed by atoms with E-state index in [-0.39, 0.29) is 23.9 Å². The quantitative estimate of drug-likeness (QED) is 0.484. The normalized spacial score (nSPS) is 10.1. The zero-order chi connectivity index (χ0) is 16.1. The number of hydrogen-bond donors (Lipinski definition) is 2. The third-order valence-electron chi connectivity index (χ3n) is 2.60. The van der Waals surface area contributed by atoms with Crippen LogP contribution in [0.2, 0.25) is 0 Å². The number of nitrogens with zero attached hydrogens (tertiary/aromatic N) is 3. The van der Waals surface area contributed by atoms with Gasteiger partial charge >= 0.3 is 5.69 Å². The van der Waals surface area contributed by atoms with E-state index in [9.17, 15) is 18.9 Å². The Bertz CT molecular complexity index is 724. The maximum atomic E-state index is 13.6. The topological polar surface area (TPSA) is 93.0 Å². The van der Waals surface area contributed by atoms with Gasteiger partial charge in [-0.15, -0.1) is 6.58 Å². The Hall–Kier alpha value is -3.10. The van der Waals surface area contributed by atoms with E-state index in [1.807, 2.05) is 0 Å². The molecule has 0 spiro atoms. The van der Waals surface area contributed by atoms with Gasteiger partial charge in [-0.05, 0) is 12.1 Å². The van der Waals surface area contributed by atoms with Crippen molar-refractivity contribution in [2.24, 2.45) is 0 Å². The molecule has 7 nitrogen and oxygen atoms in total. The Morgan fingerprint density at radius 2 is 2.05 bits per heavy atom. The van der Waals surface area contributed by atoms with Crippen molar-refractivity contribution in [3.05, 3.63) is 58.9 Å². The first-order valence-corrected chi connectivity index (χ1v) is 6.09. The minimum absolute atomic E-state index is 0.0563. The molecule has 2 N–H and O–H groups in total. The summed E-state index contributed by atoms with van der Waals surface area (Å²) >= 11 is 0. The van der Waals surface area contributed by atoms with Crippen LogP contribution in [0.15, 0.2) is 37.2 Å². The number of anilines is 3. The van der Waals surface area contributed by atoms with Gasteiger partial charge in [-0.1, -0.05) is 6.08 Å². The molecule has 1 aromatic carbocycles. The highest BCUT2D eigenvalue weighted by atomic mass is 19.1. The molecule has 114 valence electrons. The fourth-order valence-corrected chi connectivity index (χ4v) is 1.66. The third kappa shape index (κ3) is 3.32. The van der Waals surface area contributed by atoms with Gasteiger partial charge in [-0.25, -0.2) is 18.7 Å². The van der Waals surface area contributed by atoms with E-state index in [2.05, 4.69) is 27.2 Å². The maximum Gasteiger partial charge on any atom is 0.353 e. The van der Waals surface area contributed by atoms with Crippen LogP contribution in [-0.4, -0.2) is 21.4 Å². The Kier molecular flexibility index (Phi) is 4.57. The summed E-state index contributed by atoms with van der Waals surface area (Å²) in [5.74, 6) is -1.77. The van der Waals surface area contributed by atoms with Crippen molar-refractivity contribution in [2.45, 2.75) is 0 Å². The summed E-state index contributed by atoms with van der Waals surface area (Å²) in [6, 6.07) is 2.71. The van der Waals surface area contributed by atoms with Crippen LogP contribution in [0.3, 0.4) is 0 Å². The first kappa shape index (κ1) is 15.3. The number of nitrogens with one attached hydrogen (secondary N) is 2. The van der Waals surface area contributed by atoms with Crippen LogP contribution in [0.5, 0.6) is 0 Å². The van der Waals surface area contributed by atoms with Crippen molar-refractivity contribution in [2.75, 3.05) is 17.2 Å². The van der Waals surface area contributed by atoms with Gasteiger partial charge in [0, 0.05) is 12.6 Å². The highest BCUT2D eigenvalue weighted by molar-refractivity contribution is 5.73. The largest absolute Gasteiger partial charge is 0.361 e. The molecule has 0 saturated carbocycles. The number of halogens is 2. The Labute approximate surface area is 123 Å². The standard InChI is InChI=1S/C13H11F2N5O2/c1-2-5-16-12-11(20(21)22)13(18-7-17-12)19-10-6-8(14)3-4-9(10)15/h2-4,6-7H,1,5H2,(H2,16,17,18,19). The fraction of sp³-hybridized carbons (Fsp3) is 0.0769. The predicted molar refractivity (Wildman–Crippen MR) is 77.0 cm³/mol. The number of benzene rings is 1. The van der Waals surface area contributed by atoms with Crippen molar-refractivity contribution in [3.63, 3.8) is 0 Å². The monoisotopic (exact) mass is 307 g/mol. The van der Waals surface area contributed by atoms with E-state index in [0.717, 1.165) is 24.5 Å². The van der Waals surface area contributed by atoms with Gasteiger partial charge in [-0.3, -0.25) is 10.1 Å². The van der Waals surface area contributed by atoms with Crippen molar-refractivity contribution >= 4 is 23.0 Å². The van der Waals surface area contributed by atoms with Crippen molar-refractivity contribution < 1.29 is 13.7 Å². The lowest BCUT2D eigenvalue weighted by atomic mass is 10.3. The van der Waals surface area contributed by atoms with E-state index < -0.39 is 22.2 Å². The van der Waals surface area contributed by atoms with Gasteiger partial charge < -0.3 is 10.6 Å². The van der Waals surface area contributed by atoms with E-state index in [4.69, 9.17) is 0 Å². The lowest BCUT2D eigenvalue weighted by Crippen LogP contribution is -2.08. The molecule has 22 heavy (non-hydrogen) atoms. The van der Waals surface area contributed by atoms with Crippen molar-refractivity contribution in [1.29, 1.82) is 0 Å². The number of hydrogen-bond acceptors (Lipinski definition) is 6.